The summed E-state index contributed by atoms with van der Waals surface area (Å²) in [5, 5.41) is 32.1. The van der Waals surface area contributed by atoms with Gasteiger partial charge in [0.15, 0.2) is 0 Å². The summed E-state index contributed by atoms with van der Waals surface area (Å²) in [4.78, 5) is 15.1. The zero-order chi connectivity index (χ0) is 19.1. The van der Waals surface area contributed by atoms with Crippen molar-refractivity contribution in [2.75, 3.05) is 11.9 Å². The number of hydrogen-bond donors (Lipinski definition) is 5. The molecule has 1 aromatic heterocycles. The SMILES string of the molecule is N#C[C@H]1C[C@@H](CO)CC[C@@H]1N/C=C(\C(=N)Nc1ccnc(F)c1)C(N)=O. The van der Waals surface area contributed by atoms with Gasteiger partial charge in [-0.1, -0.05) is 0 Å². The maximum atomic E-state index is 13.1. The van der Waals surface area contributed by atoms with Crippen LogP contribution in [0.15, 0.2) is 30.1 Å². The molecule has 1 aromatic rings. The minimum atomic E-state index is -0.831. The second kappa shape index (κ2) is 8.92. The lowest BCUT2D eigenvalue weighted by molar-refractivity contribution is -0.114. The molecule has 8 nitrogen and oxygen atoms in total. The van der Waals surface area contributed by atoms with Crippen molar-refractivity contribution in [3.05, 3.63) is 36.1 Å². The average Bonchev–Trinajstić information content (AvgIpc) is 2.61. The molecule has 0 aliphatic heterocycles. The lowest BCUT2D eigenvalue weighted by atomic mass is 9.79. The van der Waals surface area contributed by atoms with Gasteiger partial charge in [-0.3, -0.25) is 10.2 Å². The molecular weight excluding hydrogens is 339 g/mol. The Morgan fingerprint density at radius 3 is 2.96 bits per heavy atom. The smallest absolute Gasteiger partial charge is 0.253 e. The normalized spacial score (nSPS) is 23.0. The van der Waals surface area contributed by atoms with Gasteiger partial charge < -0.3 is 21.5 Å². The molecule has 26 heavy (non-hydrogen) atoms. The second-order valence-electron chi connectivity index (χ2n) is 6.16. The number of carbonyl (C=O) groups excluding carboxylic acids is 1. The first-order chi connectivity index (χ1) is 12.4. The van der Waals surface area contributed by atoms with Crippen LogP contribution in [0.3, 0.4) is 0 Å². The minimum absolute atomic E-state index is 0.0460. The molecule has 6 N–H and O–H groups in total. The van der Waals surface area contributed by atoms with E-state index >= 15 is 0 Å². The number of carbonyl (C=O) groups is 1. The molecule has 1 fully saturated rings. The van der Waals surface area contributed by atoms with Gasteiger partial charge in [0.25, 0.3) is 5.91 Å². The Hall–Kier alpha value is -2.99. The van der Waals surface area contributed by atoms with Crippen LogP contribution in [0.5, 0.6) is 0 Å². The molecule has 1 aliphatic carbocycles. The molecule has 138 valence electrons. The van der Waals surface area contributed by atoms with Crippen LogP contribution in [0.1, 0.15) is 19.3 Å². The van der Waals surface area contributed by atoms with Crippen molar-refractivity contribution >= 4 is 17.4 Å². The van der Waals surface area contributed by atoms with Crippen molar-refractivity contribution in [3.8, 4) is 6.07 Å². The van der Waals surface area contributed by atoms with Gasteiger partial charge in [-0.25, -0.2) is 4.98 Å². The Morgan fingerprint density at radius 1 is 1.58 bits per heavy atom. The summed E-state index contributed by atoms with van der Waals surface area (Å²) in [7, 11) is 0. The van der Waals surface area contributed by atoms with Crippen LogP contribution in [-0.2, 0) is 4.79 Å². The molecule has 0 aromatic carbocycles. The number of primary amides is 1. The Bertz CT molecular complexity index is 745. The summed E-state index contributed by atoms with van der Waals surface area (Å²) in [6.45, 7) is 0.0460. The van der Waals surface area contributed by atoms with Crippen molar-refractivity contribution in [2.24, 2.45) is 17.6 Å². The number of aliphatic hydroxyl groups is 1. The molecule has 1 aliphatic rings. The number of nitrogens with two attached hydrogens (primary N) is 1. The van der Waals surface area contributed by atoms with Crippen molar-refractivity contribution in [3.63, 3.8) is 0 Å². The molecule has 0 spiro atoms. The van der Waals surface area contributed by atoms with Gasteiger partial charge in [0, 0.05) is 36.8 Å². The Balaban J connectivity index is 2.07. The minimum Gasteiger partial charge on any atom is -0.396 e. The fourth-order valence-electron chi connectivity index (χ4n) is 2.91. The number of halogens is 1. The molecule has 0 saturated heterocycles. The summed E-state index contributed by atoms with van der Waals surface area (Å²) in [5.41, 5.74) is 5.47. The second-order valence-corrected chi connectivity index (χ2v) is 6.16. The van der Waals surface area contributed by atoms with Crippen molar-refractivity contribution in [2.45, 2.75) is 25.3 Å². The number of amidine groups is 1. The highest BCUT2D eigenvalue weighted by Crippen LogP contribution is 2.28. The van der Waals surface area contributed by atoms with E-state index in [4.69, 9.17) is 11.1 Å². The van der Waals surface area contributed by atoms with E-state index in [1.54, 1.807) is 0 Å². The van der Waals surface area contributed by atoms with Crippen LogP contribution in [0.2, 0.25) is 0 Å². The van der Waals surface area contributed by atoms with Crippen molar-refractivity contribution in [1.29, 1.82) is 10.7 Å². The van der Waals surface area contributed by atoms with Gasteiger partial charge in [-0.05, 0) is 31.2 Å². The summed E-state index contributed by atoms with van der Waals surface area (Å²) in [6.07, 6.45) is 4.52. The van der Waals surface area contributed by atoms with Crippen molar-refractivity contribution < 1.29 is 14.3 Å². The largest absolute Gasteiger partial charge is 0.396 e. The lowest BCUT2D eigenvalue weighted by Gasteiger charge is -2.32. The standard InChI is InChI=1S/C17H21FN6O2/c18-15-6-12(3-4-22-15)24-16(20)13(17(21)26)8-23-14-2-1-10(9-25)5-11(14)7-19/h3-4,6,8,10-11,14,23,25H,1-2,5,9H2,(H2,21,26)(H2,20,22,24)/b13-8+/t10-,11+,14-/m0/s1. The summed E-state index contributed by atoms with van der Waals surface area (Å²) < 4.78 is 13.1. The molecule has 0 radical (unpaired) electrons. The van der Waals surface area contributed by atoms with E-state index in [2.05, 4.69) is 21.7 Å². The maximum Gasteiger partial charge on any atom is 0.253 e. The first-order valence-corrected chi connectivity index (χ1v) is 8.18. The predicted molar refractivity (Wildman–Crippen MR) is 93.3 cm³/mol. The molecule has 0 unspecified atom stereocenters. The number of nitrogens with one attached hydrogen (secondary N) is 3. The number of anilines is 1. The average molecular weight is 360 g/mol. The number of aliphatic hydroxyl groups excluding tert-OH is 1. The van der Waals surface area contributed by atoms with Crippen LogP contribution >= 0.6 is 0 Å². The molecule has 3 atom stereocenters. The van der Waals surface area contributed by atoms with Gasteiger partial charge in [-0.15, -0.1) is 0 Å². The van der Waals surface area contributed by atoms with Crippen LogP contribution in [0, 0.1) is 34.5 Å². The molecule has 1 saturated carbocycles. The third kappa shape index (κ3) is 5.00. The molecule has 2 rings (SSSR count). The van der Waals surface area contributed by atoms with E-state index in [-0.39, 0.29) is 41.6 Å². The number of nitriles is 1. The maximum absolute atomic E-state index is 13.1. The van der Waals surface area contributed by atoms with Gasteiger partial charge in [0.2, 0.25) is 5.95 Å². The fraction of sp³-hybridized carbons (Fsp3) is 0.412. The number of aromatic nitrogens is 1. The lowest BCUT2D eigenvalue weighted by Crippen LogP contribution is -2.39. The number of hydrogen-bond acceptors (Lipinski definition) is 6. The van der Waals surface area contributed by atoms with Crippen LogP contribution < -0.4 is 16.4 Å². The van der Waals surface area contributed by atoms with Crippen molar-refractivity contribution in [1.82, 2.24) is 10.3 Å². The molecule has 9 heteroatoms. The summed E-state index contributed by atoms with van der Waals surface area (Å²) >= 11 is 0. The van der Waals surface area contributed by atoms with E-state index < -0.39 is 11.9 Å². The van der Waals surface area contributed by atoms with Crippen LogP contribution in [0.4, 0.5) is 10.1 Å². The summed E-state index contributed by atoms with van der Waals surface area (Å²) in [5.74, 6) is -2.07. The third-order valence-electron chi connectivity index (χ3n) is 4.36. The van der Waals surface area contributed by atoms with E-state index in [1.807, 2.05) is 0 Å². The van der Waals surface area contributed by atoms with E-state index in [0.717, 1.165) is 12.5 Å². The predicted octanol–water partition coefficient (Wildman–Crippen LogP) is 0.869. The number of rotatable bonds is 6. The zero-order valence-corrected chi connectivity index (χ0v) is 14.1. The van der Waals surface area contributed by atoms with Gasteiger partial charge in [-0.2, -0.15) is 9.65 Å². The highest BCUT2D eigenvalue weighted by atomic mass is 19.1. The number of amides is 1. The summed E-state index contributed by atoms with van der Waals surface area (Å²) in [6, 6.07) is 4.54. The van der Waals surface area contributed by atoms with Crippen LogP contribution in [-0.4, -0.2) is 34.5 Å². The monoisotopic (exact) mass is 360 g/mol. The quantitative estimate of drug-likeness (QED) is 0.220. The third-order valence-corrected chi connectivity index (χ3v) is 4.36. The van der Waals surface area contributed by atoms with Gasteiger partial charge in [0.1, 0.15) is 5.84 Å². The molecule has 0 bridgehead atoms. The fourth-order valence-corrected chi connectivity index (χ4v) is 2.91. The highest BCUT2D eigenvalue weighted by molar-refractivity contribution is 6.23. The Morgan fingerprint density at radius 2 is 2.35 bits per heavy atom. The van der Waals surface area contributed by atoms with Gasteiger partial charge >= 0.3 is 0 Å². The first-order valence-electron chi connectivity index (χ1n) is 8.18. The Kier molecular flexibility index (Phi) is 6.63. The highest BCUT2D eigenvalue weighted by Gasteiger charge is 2.30. The first kappa shape index (κ1) is 19.3. The number of nitrogens with zero attached hydrogens (tertiary/aromatic N) is 2. The number of pyridine rings is 1. The molecule has 1 amide bonds. The zero-order valence-electron chi connectivity index (χ0n) is 14.1. The van der Waals surface area contributed by atoms with E-state index in [9.17, 15) is 19.6 Å². The van der Waals surface area contributed by atoms with E-state index in [0.29, 0.717) is 12.8 Å². The van der Waals surface area contributed by atoms with E-state index in [1.165, 1.54) is 18.5 Å². The molecular formula is C17H21FN6O2. The molecule has 1 heterocycles. The topological polar surface area (TPSA) is 148 Å². The Labute approximate surface area is 150 Å². The van der Waals surface area contributed by atoms with Crippen LogP contribution in [0.25, 0.3) is 0 Å². The van der Waals surface area contributed by atoms with Gasteiger partial charge in [0.05, 0.1) is 17.6 Å².